The SMILES string of the molecule is O[C@@H]1CCC[C@H]1[C@@H]1COCCN1Cc1ccc(Cl)c2cccnc12. The Morgan fingerprint density at radius 1 is 1.29 bits per heavy atom. The third-order valence-electron chi connectivity index (χ3n) is 5.48. The molecule has 2 aliphatic rings. The lowest BCUT2D eigenvalue weighted by atomic mass is 9.93. The molecule has 1 saturated heterocycles. The van der Waals surface area contributed by atoms with E-state index in [0.29, 0.717) is 12.5 Å². The highest BCUT2D eigenvalue weighted by Gasteiger charge is 2.37. The number of halogens is 1. The fraction of sp³-hybridized carbons (Fsp3) is 0.526. The van der Waals surface area contributed by atoms with Crippen molar-refractivity contribution in [3.05, 3.63) is 41.0 Å². The van der Waals surface area contributed by atoms with Gasteiger partial charge < -0.3 is 9.84 Å². The number of hydrogen-bond donors (Lipinski definition) is 1. The van der Waals surface area contributed by atoms with Gasteiger partial charge in [-0.15, -0.1) is 0 Å². The van der Waals surface area contributed by atoms with Crippen LogP contribution in [0.3, 0.4) is 0 Å². The maximum absolute atomic E-state index is 10.3. The van der Waals surface area contributed by atoms with Crippen LogP contribution < -0.4 is 0 Å². The topological polar surface area (TPSA) is 45.6 Å². The maximum Gasteiger partial charge on any atom is 0.0761 e. The zero-order valence-electron chi connectivity index (χ0n) is 13.7. The van der Waals surface area contributed by atoms with Crippen molar-refractivity contribution in [3.8, 4) is 0 Å². The molecule has 3 atom stereocenters. The quantitative estimate of drug-likeness (QED) is 0.926. The minimum atomic E-state index is -0.195. The van der Waals surface area contributed by atoms with E-state index in [9.17, 15) is 5.11 Å². The first-order valence-corrected chi connectivity index (χ1v) is 9.14. The average Bonchev–Trinajstić information content (AvgIpc) is 3.04. The lowest BCUT2D eigenvalue weighted by Gasteiger charge is -2.40. The third-order valence-corrected chi connectivity index (χ3v) is 5.81. The van der Waals surface area contributed by atoms with Gasteiger partial charge in [-0.3, -0.25) is 9.88 Å². The number of morpholine rings is 1. The molecule has 2 aromatic rings. The summed E-state index contributed by atoms with van der Waals surface area (Å²) in [6.45, 7) is 3.17. The standard InChI is InChI=1S/C19H23ClN2O2/c20-16-7-6-13(19-14(16)4-2-8-21-19)11-22-9-10-24-12-17(22)15-3-1-5-18(15)23/h2,4,6-8,15,17-18,23H,1,3,5,9-12H2/t15-,17-,18+/m0/s1. The molecule has 24 heavy (non-hydrogen) atoms. The molecule has 1 aliphatic carbocycles. The van der Waals surface area contributed by atoms with E-state index in [0.717, 1.165) is 54.9 Å². The fourth-order valence-electron chi connectivity index (χ4n) is 4.21. The largest absolute Gasteiger partial charge is 0.393 e. The summed E-state index contributed by atoms with van der Waals surface area (Å²) in [5, 5.41) is 12.1. The second-order valence-electron chi connectivity index (χ2n) is 6.88. The number of aromatic nitrogens is 1. The molecular weight excluding hydrogens is 324 g/mol. The molecule has 4 rings (SSSR count). The highest BCUT2D eigenvalue weighted by atomic mass is 35.5. The van der Waals surface area contributed by atoms with E-state index in [-0.39, 0.29) is 12.1 Å². The molecule has 2 heterocycles. The summed E-state index contributed by atoms with van der Waals surface area (Å²) in [5.41, 5.74) is 2.16. The van der Waals surface area contributed by atoms with Crippen LogP contribution in [0.2, 0.25) is 5.02 Å². The fourth-order valence-corrected chi connectivity index (χ4v) is 4.42. The third kappa shape index (κ3) is 3.04. The molecule has 0 spiro atoms. The maximum atomic E-state index is 10.3. The summed E-state index contributed by atoms with van der Waals surface area (Å²) in [6, 6.07) is 8.26. The second kappa shape index (κ2) is 6.96. The van der Waals surface area contributed by atoms with Crippen LogP contribution in [-0.4, -0.2) is 46.9 Å². The van der Waals surface area contributed by atoms with Crippen LogP contribution in [0, 0.1) is 5.92 Å². The summed E-state index contributed by atoms with van der Waals surface area (Å²) < 4.78 is 5.73. The van der Waals surface area contributed by atoms with Crippen LogP contribution in [0.5, 0.6) is 0 Å². The van der Waals surface area contributed by atoms with Crippen LogP contribution in [-0.2, 0) is 11.3 Å². The van der Waals surface area contributed by atoms with Crippen molar-refractivity contribution in [2.24, 2.45) is 5.92 Å². The predicted octanol–water partition coefficient (Wildman–Crippen LogP) is 3.25. The highest BCUT2D eigenvalue weighted by molar-refractivity contribution is 6.35. The summed E-state index contributed by atoms with van der Waals surface area (Å²) in [7, 11) is 0. The number of rotatable bonds is 3. The normalized spacial score (nSPS) is 28.5. The van der Waals surface area contributed by atoms with Gasteiger partial charge in [0.2, 0.25) is 0 Å². The minimum Gasteiger partial charge on any atom is -0.393 e. The van der Waals surface area contributed by atoms with Gasteiger partial charge in [0.15, 0.2) is 0 Å². The molecular formula is C19H23ClN2O2. The number of hydrogen-bond acceptors (Lipinski definition) is 4. The monoisotopic (exact) mass is 346 g/mol. The second-order valence-corrected chi connectivity index (χ2v) is 7.29. The van der Waals surface area contributed by atoms with E-state index < -0.39 is 0 Å². The Morgan fingerprint density at radius 2 is 2.21 bits per heavy atom. The number of fused-ring (bicyclic) bond motifs is 1. The molecule has 4 nitrogen and oxygen atoms in total. The van der Waals surface area contributed by atoms with Crippen molar-refractivity contribution in [1.82, 2.24) is 9.88 Å². The van der Waals surface area contributed by atoms with Crippen molar-refractivity contribution >= 4 is 22.5 Å². The number of nitrogens with zero attached hydrogens (tertiary/aromatic N) is 2. The van der Waals surface area contributed by atoms with E-state index in [1.165, 1.54) is 5.56 Å². The van der Waals surface area contributed by atoms with E-state index in [4.69, 9.17) is 16.3 Å². The molecule has 5 heteroatoms. The zero-order chi connectivity index (χ0) is 16.5. The van der Waals surface area contributed by atoms with E-state index in [1.807, 2.05) is 24.4 Å². The van der Waals surface area contributed by atoms with Gasteiger partial charge in [0.1, 0.15) is 0 Å². The van der Waals surface area contributed by atoms with E-state index in [2.05, 4.69) is 16.0 Å². The summed E-state index contributed by atoms with van der Waals surface area (Å²) in [6.07, 6.45) is 4.74. The molecule has 2 fully saturated rings. The van der Waals surface area contributed by atoms with Gasteiger partial charge in [-0.25, -0.2) is 0 Å². The molecule has 0 amide bonds. The van der Waals surface area contributed by atoms with Crippen molar-refractivity contribution in [2.75, 3.05) is 19.8 Å². The molecule has 0 unspecified atom stereocenters. The van der Waals surface area contributed by atoms with Crippen LogP contribution in [0.4, 0.5) is 0 Å². The van der Waals surface area contributed by atoms with Gasteiger partial charge in [0, 0.05) is 41.7 Å². The first-order valence-electron chi connectivity index (χ1n) is 8.76. The van der Waals surface area contributed by atoms with Gasteiger partial charge in [0.25, 0.3) is 0 Å². The molecule has 128 valence electrons. The summed E-state index contributed by atoms with van der Waals surface area (Å²) >= 11 is 6.32. The first-order chi connectivity index (χ1) is 11.7. The van der Waals surface area contributed by atoms with Gasteiger partial charge >= 0.3 is 0 Å². The average molecular weight is 347 g/mol. The smallest absolute Gasteiger partial charge is 0.0761 e. The Morgan fingerprint density at radius 3 is 3.04 bits per heavy atom. The van der Waals surface area contributed by atoms with Crippen LogP contribution >= 0.6 is 11.6 Å². The molecule has 1 saturated carbocycles. The molecule has 1 N–H and O–H groups in total. The Balaban J connectivity index is 1.62. The molecule has 0 bridgehead atoms. The van der Waals surface area contributed by atoms with Crippen molar-refractivity contribution < 1.29 is 9.84 Å². The lowest BCUT2D eigenvalue weighted by Crippen LogP contribution is -2.50. The highest BCUT2D eigenvalue weighted by Crippen LogP contribution is 2.33. The summed E-state index contributed by atoms with van der Waals surface area (Å²) in [4.78, 5) is 7.01. The lowest BCUT2D eigenvalue weighted by molar-refractivity contribution is -0.0535. The minimum absolute atomic E-state index is 0.195. The van der Waals surface area contributed by atoms with Gasteiger partial charge in [-0.05, 0) is 36.6 Å². The van der Waals surface area contributed by atoms with E-state index in [1.54, 1.807) is 0 Å². The van der Waals surface area contributed by atoms with Gasteiger partial charge in [-0.1, -0.05) is 24.1 Å². The Labute approximate surface area is 147 Å². The number of aliphatic hydroxyl groups is 1. The van der Waals surface area contributed by atoms with E-state index >= 15 is 0 Å². The first kappa shape index (κ1) is 16.3. The number of pyridine rings is 1. The molecule has 1 aromatic carbocycles. The number of benzene rings is 1. The molecule has 0 radical (unpaired) electrons. The van der Waals surface area contributed by atoms with Gasteiger partial charge in [0.05, 0.1) is 24.8 Å². The van der Waals surface area contributed by atoms with Crippen molar-refractivity contribution in [1.29, 1.82) is 0 Å². The number of ether oxygens (including phenoxy) is 1. The zero-order valence-corrected chi connectivity index (χ0v) is 14.5. The number of aliphatic hydroxyl groups excluding tert-OH is 1. The van der Waals surface area contributed by atoms with Crippen LogP contribution in [0.15, 0.2) is 30.5 Å². The molecule has 1 aromatic heterocycles. The van der Waals surface area contributed by atoms with Crippen LogP contribution in [0.1, 0.15) is 24.8 Å². The Hall–Kier alpha value is -1.20. The van der Waals surface area contributed by atoms with Crippen LogP contribution in [0.25, 0.3) is 10.9 Å². The van der Waals surface area contributed by atoms with Crippen molar-refractivity contribution in [2.45, 2.75) is 38.0 Å². The predicted molar refractivity (Wildman–Crippen MR) is 95.1 cm³/mol. The molecule has 1 aliphatic heterocycles. The Bertz CT molecular complexity index is 724. The van der Waals surface area contributed by atoms with Gasteiger partial charge in [-0.2, -0.15) is 0 Å². The van der Waals surface area contributed by atoms with Crippen molar-refractivity contribution in [3.63, 3.8) is 0 Å². The Kier molecular flexibility index (Phi) is 4.72. The summed E-state index contributed by atoms with van der Waals surface area (Å²) in [5.74, 6) is 0.317.